The van der Waals surface area contributed by atoms with Gasteiger partial charge in [0.25, 0.3) is 0 Å². The maximum Gasteiger partial charge on any atom is 0.136 e. The third kappa shape index (κ3) is 3.15. The standard InChI is InChI=1S/C20H15FN2OS/c21-14-7-5-9-16(24)19(14)20-18(12-13-6-3-4-11-22-13)25-17-10-2-1-8-15(17)23-20/h1-11,18,24H,12H2. The predicted octanol–water partition coefficient (Wildman–Crippen LogP) is 4.76. The summed E-state index contributed by atoms with van der Waals surface area (Å²) in [6.45, 7) is 0. The lowest BCUT2D eigenvalue weighted by Crippen LogP contribution is -2.25. The Kier molecular flexibility index (Phi) is 4.24. The van der Waals surface area contributed by atoms with Gasteiger partial charge in [-0.05, 0) is 36.4 Å². The van der Waals surface area contributed by atoms with Crippen LogP contribution in [0, 0.1) is 5.82 Å². The summed E-state index contributed by atoms with van der Waals surface area (Å²) in [6.07, 6.45) is 2.35. The van der Waals surface area contributed by atoms with Crippen LogP contribution in [0.1, 0.15) is 11.3 Å². The van der Waals surface area contributed by atoms with Gasteiger partial charge >= 0.3 is 0 Å². The number of pyridine rings is 1. The molecule has 0 saturated carbocycles. The lowest BCUT2D eigenvalue weighted by molar-refractivity contribution is 0.467. The zero-order valence-electron chi connectivity index (χ0n) is 13.3. The second-order valence-corrected chi connectivity index (χ2v) is 6.97. The molecule has 25 heavy (non-hydrogen) atoms. The molecule has 5 heteroatoms. The molecule has 0 saturated heterocycles. The van der Waals surface area contributed by atoms with Crippen molar-refractivity contribution in [2.24, 2.45) is 4.99 Å². The van der Waals surface area contributed by atoms with Gasteiger partial charge in [-0.1, -0.05) is 24.3 Å². The van der Waals surface area contributed by atoms with E-state index in [0.29, 0.717) is 12.1 Å². The third-order valence-electron chi connectivity index (χ3n) is 4.05. The van der Waals surface area contributed by atoms with Gasteiger partial charge in [0.2, 0.25) is 0 Å². The Bertz CT molecular complexity index is 923. The first kappa shape index (κ1) is 15.8. The van der Waals surface area contributed by atoms with Crippen molar-refractivity contribution in [2.45, 2.75) is 16.6 Å². The van der Waals surface area contributed by atoms with E-state index in [1.807, 2.05) is 42.5 Å². The number of benzene rings is 2. The molecule has 0 radical (unpaired) electrons. The second kappa shape index (κ2) is 6.69. The number of phenolic OH excluding ortho intramolecular Hbond substituents is 1. The van der Waals surface area contributed by atoms with Crippen LogP contribution in [0.4, 0.5) is 10.1 Å². The quantitative estimate of drug-likeness (QED) is 0.740. The summed E-state index contributed by atoms with van der Waals surface area (Å²) in [5.41, 5.74) is 2.42. The van der Waals surface area contributed by atoms with E-state index in [2.05, 4.69) is 9.98 Å². The first-order valence-corrected chi connectivity index (χ1v) is 8.82. The van der Waals surface area contributed by atoms with E-state index in [-0.39, 0.29) is 16.6 Å². The highest BCUT2D eigenvalue weighted by molar-refractivity contribution is 8.01. The smallest absolute Gasteiger partial charge is 0.136 e. The van der Waals surface area contributed by atoms with E-state index in [1.165, 1.54) is 18.2 Å². The van der Waals surface area contributed by atoms with Gasteiger partial charge in [-0.25, -0.2) is 4.39 Å². The van der Waals surface area contributed by atoms with Crippen molar-refractivity contribution in [3.8, 4) is 5.75 Å². The molecule has 1 atom stereocenters. The molecule has 1 unspecified atom stereocenters. The summed E-state index contributed by atoms with van der Waals surface area (Å²) in [5.74, 6) is -0.561. The van der Waals surface area contributed by atoms with E-state index in [4.69, 9.17) is 0 Å². The summed E-state index contributed by atoms with van der Waals surface area (Å²) < 4.78 is 14.5. The maximum atomic E-state index is 14.5. The molecule has 4 rings (SSSR count). The lowest BCUT2D eigenvalue weighted by atomic mass is 10.0. The molecule has 0 spiro atoms. The Morgan fingerprint density at radius 3 is 2.64 bits per heavy atom. The summed E-state index contributed by atoms with van der Waals surface area (Å²) in [7, 11) is 0. The first-order chi connectivity index (χ1) is 12.2. The number of phenols is 1. The Hall–Kier alpha value is -2.66. The zero-order chi connectivity index (χ0) is 17.2. The van der Waals surface area contributed by atoms with E-state index >= 15 is 0 Å². The van der Waals surface area contributed by atoms with Gasteiger partial charge in [0.15, 0.2) is 0 Å². The van der Waals surface area contributed by atoms with Gasteiger partial charge in [0, 0.05) is 23.2 Å². The number of para-hydroxylation sites is 1. The van der Waals surface area contributed by atoms with Gasteiger partial charge < -0.3 is 5.11 Å². The van der Waals surface area contributed by atoms with E-state index in [1.54, 1.807) is 18.0 Å². The zero-order valence-corrected chi connectivity index (χ0v) is 14.1. The number of thioether (sulfide) groups is 1. The predicted molar refractivity (Wildman–Crippen MR) is 98.3 cm³/mol. The SMILES string of the molecule is Oc1cccc(F)c1C1=Nc2ccccc2SC1Cc1ccccn1. The fourth-order valence-electron chi connectivity index (χ4n) is 2.89. The molecule has 0 fully saturated rings. The molecule has 2 aromatic carbocycles. The van der Waals surface area contributed by atoms with E-state index < -0.39 is 5.82 Å². The Balaban J connectivity index is 1.82. The van der Waals surface area contributed by atoms with Crippen molar-refractivity contribution >= 4 is 23.2 Å². The monoisotopic (exact) mass is 350 g/mol. The van der Waals surface area contributed by atoms with E-state index in [9.17, 15) is 9.50 Å². The number of aromatic hydroxyl groups is 1. The normalized spacial score (nSPS) is 16.2. The Morgan fingerprint density at radius 2 is 1.84 bits per heavy atom. The molecule has 1 aliphatic heterocycles. The number of fused-ring (bicyclic) bond motifs is 1. The summed E-state index contributed by atoms with van der Waals surface area (Å²) in [6, 6.07) is 17.8. The van der Waals surface area contributed by atoms with Crippen molar-refractivity contribution in [3.05, 3.63) is 83.9 Å². The molecule has 1 aromatic heterocycles. The third-order valence-corrected chi connectivity index (χ3v) is 5.32. The number of aromatic nitrogens is 1. The van der Waals surface area contributed by atoms with Crippen LogP contribution < -0.4 is 0 Å². The van der Waals surface area contributed by atoms with Crippen LogP contribution >= 0.6 is 11.8 Å². The minimum atomic E-state index is -0.468. The summed E-state index contributed by atoms with van der Waals surface area (Å²) in [4.78, 5) is 10.1. The number of hydrogen-bond acceptors (Lipinski definition) is 4. The van der Waals surface area contributed by atoms with Crippen LogP contribution in [0.25, 0.3) is 0 Å². The van der Waals surface area contributed by atoms with Crippen LogP contribution in [-0.2, 0) is 6.42 Å². The van der Waals surface area contributed by atoms with Gasteiger partial charge in [-0.2, -0.15) is 0 Å². The minimum Gasteiger partial charge on any atom is -0.507 e. The number of nitrogens with zero attached hydrogens (tertiary/aromatic N) is 2. The average Bonchev–Trinajstić information content (AvgIpc) is 2.63. The molecule has 1 aliphatic rings. The summed E-state index contributed by atoms with van der Waals surface area (Å²) >= 11 is 1.62. The van der Waals surface area contributed by atoms with Crippen LogP contribution in [0.15, 0.2) is 76.7 Å². The number of halogens is 1. The largest absolute Gasteiger partial charge is 0.507 e. The lowest BCUT2D eigenvalue weighted by Gasteiger charge is -2.25. The van der Waals surface area contributed by atoms with Crippen LogP contribution in [-0.4, -0.2) is 21.1 Å². The molecular weight excluding hydrogens is 335 g/mol. The number of rotatable bonds is 3. The first-order valence-electron chi connectivity index (χ1n) is 7.94. The fraction of sp³-hybridized carbons (Fsp3) is 0.100. The van der Waals surface area contributed by atoms with Crippen molar-refractivity contribution in [1.29, 1.82) is 0 Å². The molecule has 124 valence electrons. The van der Waals surface area contributed by atoms with Crippen LogP contribution in [0.5, 0.6) is 5.75 Å². The average molecular weight is 350 g/mol. The van der Waals surface area contributed by atoms with Gasteiger partial charge in [0.05, 0.1) is 22.2 Å². The highest BCUT2D eigenvalue weighted by atomic mass is 32.2. The highest BCUT2D eigenvalue weighted by Gasteiger charge is 2.29. The molecule has 2 heterocycles. The molecule has 3 nitrogen and oxygen atoms in total. The maximum absolute atomic E-state index is 14.5. The molecule has 0 aliphatic carbocycles. The molecule has 0 bridgehead atoms. The van der Waals surface area contributed by atoms with Gasteiger partial charge in [-0.15, -0.1) is 11.8 Å². The Labute approximate surface area is 149 Å². The van der Waals surface area contributed by atoms with E-state index in [0.717, 1.165) is 16.3 Å². The second-order valence-electron chi connectivity index (χ2n) is 5.73. The summed E-state index contributed by atoms with van der Waals surface area (Å²) in [5, 5.41) is 10.1. The van der Waals surface area contributed by atoms with Crippen molar-refractivity contribution in [1.82, 2.24) is 4.98 Å². The molecular formula is C20H15FN2OS. The minimum absolute atomic E-state index is 0.0928. The molecule has 3 aromatic rings. The van der Waals surface area contributed by atoms with Crippen molar-refractivity contribution < 1.29 is 9.50 Å². The number of hydrogen-bond donors (Lipinski definition) is 1. The molecule has 0 amide bonds. The highest BCUT2D eigenvalue weighted by Crippen LogP contribution is 2.41. The Morgan fingerprint density at radius 1 is 1.00 bits per heavy atom. The van der Waals surface area contributed by atoms with Crippen molar-refractivity contribution in [3.63, 3.8) is 0 Å². The van der Waals surface area contributed by atoms with Crippen molar-refractivity contribution in [2.75, 3.05) is 0 Å². The van der Waals surface area contributed by atoms with Gasteiger partial charge in [-0.3, -0.25) is 9.98 Å². The number of aliphatic imine (C=N–C) groups is 1. The van der Waals surface area contributed by atoms with Crippen LogP contribution in [0.2, 0.25) is 0 Å². The van der Waals surface area contributed by atoms with Crippen LogP contribution in [0.3, 0.4) is 0 Å². The van der Waals surface area contributed by atoms with Gasteiger partial charge in [0.1, 0.15) is 11.6 Å². The topological polar surface area (TPSA) is 45.5 Å². The molecule has 1 N–H and O–H groups in total. The fourth-order valence-corrected chi connectivity index (χ4v) is 4.12.